The van der Waals surface area contributed by atoms with Gasteiger partial charge in [0.05, 0.1) is 12.3 Å². The van der Waals surface area contributed by atoms with Crippen molar-refractivity contribution in [3.63, 3.8) is 0 Å². The first-order chi connectivity index (χ1) is 8.21. The highest BCUT2D eigenvalue weighted by Crippen LogP contribution is 2.19. The van der Waals surface area contributed by atoms with Crippen LogP contribution < -0.4 is 4.74 Å². The number of nitrogens with zero attached hydrogens (tertiary/aromatic N) is 1. The third-order valence-electron chi connectivity index (χ3n) is 2.84. The average molecular weight is 253 g/mol. The summed E-state index contributed by atoms with van der Waals surface area (Å²) in [5.74, 6) is 2.35. The number of rotatable bonds is 7. The summed E-state index contributed by atoms with van der Waals surface area (Å²) in [4.78, 5) is 4.50. The lowest BCUT2D eigenvalue weighted by atomic mass is 10.1. The third-order valence-corrected chi connectivity index (χ3v) is 3.35. The lowest BCUT2D eigenvalue weighted by Gasteiger charge is -2.16. The standard InChI is InChI=1S/C14H23NOS/c1-4-6-12(10-17)9-16-14-8-7-11(3)15-13(14)5-2/h7-8,12,17H,4-6,9-10H2,1-3H3. The monoisotopic (exact) mass is 253 g/mol. The van der Waals surface area contributed by atoms with Gasteiger partial charge in [-0.25, -0.2) is 0 Å². The Kier molecular flexibility index (Phi) is 6.41. The highest BCUT2D eigenvalue weighted by molar-refractivity contribution is 7.80. The van der Waals surface area contributed by atoms with Crippen molar-refractivity contribution in [2.75, 3.05) is 12.4 Å². The molecule has 17 heavy (non-hydrogen) atoms. The molecule has 0 bridgehead atoms. The lowest BCUT2D eigenvalue weighted by Crippen LogP contribution is -2.14. The van der Waals surface area contributed by atoms with E-state index in [1.165, 1.54) is 12.8 Å². The molecule has 0 saturated heterocycles. The van der Waals surface area contributed by atoms with Crippen molar-refractivity contribution in [3.05, 3.63) is 23.5 Å². The fourth-order valence-electron chi connectivity index (χ4n) is 1.83. The van der Waals surface area contributed by atoms with E-state index in [0.29, 0.717) is 5.92 Å². The molecule has 1 unspecified atom stereocenters. The number of aryl methyl sites for hydroxylation is 2. The van der Waals surface area contributed by atoms with Crippen molar-refractivity contribution in [2.45, 2.75) is 40.0 Å². The van der Waals surface area contributed by atoms with Gasteiger partial charge in [-0.1, -0.05) is 20.3 Å². The number of hydrogen-bond acceptors (Lipinski definition) is 3. The third kappa shape index (κ3) is 4.58. The Hall–Kier alpha value is -0.700. The molecule has 0 spiro atoms. The summed E-state index contributed by atoms with van der Waals surface area (Å²) in [5, 5.41) is 0. The maximum absolute atomic E-state index is 5.88. The zero-order chi connectivity index (χ0) is 12.7. The summed E-state index contributed by atoms with van der Waals surface area (Å²) in [6, 6.07) is 4.03. The molecule has 3 heteroatoms. The molecule has 0 saturated carbocycles. The largest absolute Gasteiger partial charge is 0.491 e. The SMILES string of the molecule is CCCC(CS)COc1ccc(C)nc1CC. The molecule has 0 radical (unpaired) electrons. The van der Waals surface area contributed by atoms with Crippen LogP contribution >= 0.6 is 12.6 Å². The predicted octanol–water partition coefficient (Wildman–Crippen LogP) is 3.68. The Bertz CT molecular complexity index is 341. The van der Waals surface area contributed by atoms with E-state index in [2.05, 4.69) is 31.5 Å². The molecule has 0 aromatic carbocycles. The van der Waals surface area contributed by atoms with Crippen LogP contribution in [0.5, 0.6) is 5.75 Å². The Morgan fingerprint density at radius 1 is 1.35 bits per heavy atom. The molecule has 1 heterocycles. The Morgan fingerprint density at radius 2 is 2.12 bits per heavy atom. The van der Waals surface area contributed by atoms with Gasteiger partial charge in [0.15, 0.2) is 0 Å². The van der Waals surface area contributed by atoms with Crippen LogP contribution in [0, 0.1) is 12.8 Å². The maximum atomic E-state index is 5.88. The molecule has 0 amide bonds. The lowest BCUT2D eigenvalue weighted by molar-refractivity contribution is 0.251. The van der Waals surface area contributed by atoms with Crippen LogP contribution in [0.25, 0.3) is 0 Å². The quantitative estimate of drug-likeness (QED) is 0.749. The first kappa shape index (κ1) is 14.4. The van der Waals surface area contributed by atoms with E-state index < -0.39 is 0 Å². The van der Waals surface area contributed by atoms with Gasteiger partial charge in [0, 0.05) is 11.6 Å². The average Bonchev–Trinajstić information content (AvgIpc) is 2.35. The number of thiol groups is 1. The summed E-state index contributed by atoms with van der Waals surface area (Å²) in [6.45, 7) is 7.06. The highest BCUT2D eigenvalue weighted by Gasteiger charge is 2.09. The molecular weight excluding hydrogens is 230 g/mol. The van der Waals surface area contributed by atoms with E-state index in [-0.39, 0.29) is 0 Å². The molecule has 96 valence electrons. The smallest absolute Gasteiger partial charge is 0.140 e. The summed E-state index contributed by atoms with van der Waals surface area (Å²) < 4.78 is 5.88. The van der Waals surface area contributed by atoms with Crippen molar-refractivity contribution in [1.82, 2.24) is 4.98 Å². The number of hydrogen-bond donors (Lipinski definition) is 1. The van der Waals surface area contributed by atoms with Gasteiger partial charge in [-0.15, -0.1) is 0 Å². The van der Waals surface area contributed by atoms with Gasteiger partial charge >= 0.3 is 0 Å². The van der Waals surface area contributed by atoms with Crippen LogP contribution in [0.3, 0.4) is 0 Å². The van der Waals surface area contributed by atoms with Gasteiger partial charge < -0.3 is 4.74 Å². The Balaban J connectivity index is 2.61. The van der Waals surface area contributed by atoms with Crippen molar-refractivity contribution in [2.24, 2.45) is 5.92 Å². The van der Waals surface area contributed by atoms with Gasteiger partial charge in [0.2, 0.25) is 0 Å². The van der Waals surface area contributed by atoms with Gasteiger partial charge in [-0.3, -0.25) is 4.98 Å². The van der Waals surface area contributed by atoms with Crippen LogP contribution in [0.2, 0.25) is 0 Å². The molecular formula is C14H23NOS. The summed E-state index contributed by atoms with van der Waals surface area (Å²) >= 11 is 4.37. The van der Waals surface area contributed by atoms with E-state index in [1.54, 1.807) is 0 Å². The summed E-state index contributed by atoms with van der Waals surface area (Å²) in [7, 11) is 0. The minimum Gasteiger partial charge on any atom is -0.491 e. The van der Waals surface area contributed by atoms with E-state index in [1.807, 2.05) is 19.1 Å². The molecule has 0 fully saturated rings. The minimum absolute atomic E-state index is 0.536. The molecule has 0 aliphatic heterocycles. The molecule has 0 N–H and O–H groups in total. The zero-order valence-electron chi connectivity index (χ0n) is 11.1. The van der Waals surface area contributed by atoms with Crippen LogP contribution in [0.15, 0.2) is 12.1 Å². The molecule has 1 rings (SSSR count). The highest BCUT2D eigenvalue weighted by atomic mass is 32.1. The predicted molar refractivity (Wildman–Crippen MR) is 76.1 cm³/mol. The molecule has 0 aliphatic rings. The number of ether oxygens (including phenoxy) is 1. The second-order valence-electron chi connectivity index (χ2n) is 4.40. The van der Waals surface area contributed by atoms with Crippen molar-refractivity contribution < 1.29 is 4.74 Å². The first-order valence-corrected chi connectivity index (χ1v) is 7.04. The Morgan fingerprint density at radius 3 is 2.71 bits per heavy atom. The van der Waals surface area contributed by atoms with Crippen molar-refractivity contribution in [1.29, 1.82) is 0 Å². The van der Waals surface area contributed by atoms with E-state index in [9.17, 15) is 0 Å². The topological polar surface area (TPSA) is 22.1 Å². The summed E-state index contributed by atoms with van der Waals surface area (Å²) in [5.41, 5.74) is 2.10. The fourth-order valence-corrected chi connectivity index (χ4v) is 2.11. The number of pyridine rings is 1. The van der Waals surface area contributed by atoms with E-state index in [0.717, 1.165) is 35.9 Å². The molecule has 1 atom stereocenters. The van der Waals surface area contributed by atoms with Crippen molar-refractivity contribution in [3.8, 4) is 5.75 Å². The number of aromatic nitrogens is 1. The van der Waals surface area contributed by atoms with Gasteiger partial charge in [0.1, 0.15) is 5.75 Å². The van der Waals surface area contributed by atoms with Gasteiger partial charge in [-0.2, -0.15) is 12.6 Å². The van der Waals surface area contributed by atoms with Crippen LogP contribution in [-0.2, 0) is 6.42 Å². The molecule has 1 aromatic heterocycles. The van der Waals surface area contributed by atoms with Crippen LogP contribution in [0.1, 0.15) is 38.1 Å². The normalized spacial score (nSPS) is 12.5. The maximum Gasteiger partial charge on any atom is 0.140 e. The second kappa shape index (κ2) is 7.59. The second-order valence-corrected chi connectivity index (χ2v) is 4.76. The van der Waals surface area contributed by atoms with Crippen molar-refractivity contribution >= 4 is 12.6 Å². The van der Waals surface area contributed by atoms with E-state index in [4.69, 9.17) is 4.74 Å². The molecule has 2 nitrogen and oxygen atoms in total. The minimum atomic E-state index is 0.536. The van der Waals surface area contributed by atoms with Gasteiger partial charge in [-0.05, 0) is 37.7 Å². The van der Waals surface area contributed by atoms with Crippen LogP contribution in [0.4, 0.5) is 0 Å². The molecule has 1 aromatic rings. The Labute approximate surface area is 110 Å². The summed E-state index contributed by atoms with van der Waals surface area (Å²) in [6.07, 6.45) is 3.27. The first-order valence-electron chi connectivity index (χ1n) is 6.41. The van der Waals surface area contributed by atoms with Crippen LogP contribution in [-0.4, -0.2) is 17.3 Å². The zero-order valence-corrected chi connectivity index (χ0v) is 12.0. The van der Waals surface area contributed by atoms with Gasteiger partial charge in [0.25, 0.3) is 0 Å². The molecule has 0 aliphatic carbocycles. The van der Waals surface area contributed by atoms with E-state index >= 15 is 0 Å². The fraction of sp³-hybridized carbons (Fsp3) is 0.643.